The lowest BCUT2D eigenvalue weighted by molar-refractivity contribution is 0.179. The average Bonchev–Trinajstić information content (AvgIpc) is 2.00. The third-order valence-corrected chi connectivity index (χ3v) is 2.18. The molecule has 0 aliphatic heterocycles. The van der Waals surface area contributed by atoms with Gasteiger partial charge >= 0.3 is 0 Å². The molecule has 0 saturated carbocycles. The van der Waals surface area contributed by atoms with Crippen molar-refractivity contribution in [1.29, 1.82) is 0 Å². The number of aryl methyl sites for hydroxylation is 2. The molecule has 66 valence electrons. The number of hydrogen-bond donors (Lipinski definition) is 1. The van der Waals surface area contributed by atoms with Crippen molar-refractivity contribution >= 4 is 12.2 Å². The molecule has 0 spiro atoms. The van der Waals surface area contributed by atoms with Gasteiger partial charge in [-0.05, 0) is 24.5 Å². The fraction of sp³-hybridized carbons (Fsp3) is 0.444. The summed E-state index contributed by atoms with van der Waals surface area (Å²) < 4.78 is 1.55. The van der Waals surface area contributed by atoms with Crippen LogP contribution in [0.3, 0.4) is 0 Å². The minimum Gasteiger partial charge on any atom is -0.428 e. The van der Waals surface area contributed by atoms with Crippen molar-refractivity contribution in [1.82, 2.24) is 4.73 Å². The van der Waals surface area contributed by atoms with Crippen LogP contribution >= 0.6 is 12.2 Å². The third kappa shape index (κ3) is 1.85. The van der Waals surface area contributed by atoms with Gasteiger partial charge < -0.3 is 5.21 Å². The molecule has 1 rings (SSSR count). The summed E-state index contributed by atoms with van der Waals surface area (Å²) in [6.07, 6.45) is 3.61. The van der Waals surface area contributed by atoms with E-state index in [4.69, 9.17) is 12.2 Å². The molecule has 1 aromatic rings. The van der Waals surface area contributed by atoms with Gasteiger partial charge in [0.2, 0.25) is 0 Å². The Hall–Kier alpha value is -0.830. The first-order chi connectivity index (χ1) is 5.65. The molecule has 0 fully saturated rings. The molecule has 0 atom stereocenters. The van der Waals surface area contributed by atoms with Crippen molar-refractivity contribution in [2.24, 2.45) is 0 Å². The molecule has 0 radical (unpaired) electrons. The Morgan fingerprint density at radius 1 is 1.58 bits per heavy atom. The monoisotopic (exact) mass is 183 g/mol. The zero-order valence-corrected chi connectivity index (χ0v) is 8.19. The van der Waals surface area contributed by atoms with Crippen LogP contribution in [0.15, 0.2) is 12.3 Å². The zero-order valence-electron chi connectivity index (χ0n) is 7.37. The number of rotatable bonds is 2. The summed E-state index contributed by atoms with van der Waals surface area (Å²) in [5.74, 6) is 0. The quantitative estimate of drug-likeness (QED) is 0.563. The van der Waals surface area contributed by atoms with Gasteiger partial charge in [-0.25, -0.2) is 0 Å². The summed E-state index contributed by atoms with van der Waals surface area (Å²) in [6.45, 7) is 4.04. The van der Waals surface area contributed by atoms with E-state index in [9.17, 15) is 5.21 Å². The van der Waals surface area contributed by atoms with E-state index >= 15 is 0 Å². The van der Waals surface area contributed by atoms with E-state index < -0.39 is 0 Å². The van der Waals surface area contributed by atoms with Crippen molar-refractivity contribution in [3.05, 3.63) is 28.0 Å². The molecular formula is C9H13NOS. The Morgan fingerprint density at radius 2 is 2.25 bits per heavy atom. The Kier molecular flexibility index (Phi) is 2.87. The second-order valence-corrected chi connectivity index (χ2v) is 3.33. The van der Waals surface area contributed by atoms with Crippen molar-refractivity contribution in [3.8, 4) is 0 Å². The van der Waals surface area contributed by atoms with Crippen LogP contribution in [0.25, 0.3) is 0 Å². The molecule has 2 nitrogen and oxygen atoms in total. The summed E-state index contributed by atoms with van der Waals surface area (Å²) in [7, 11) is 0. The smallest absolute Gasteiger partial charge is 0.145 e. The van der Waals surface area contributed by atoms with E-state index in [0.717, 1.165) is 28.7 Å². The molecule has 0 aliphatic rings. The van der Waals surface area contributed by atoms with Gasteiger partial charge in [-0.2, -0.15) is 4.73 Å². The highest BCUT2D eigenvalue weighted by molar-refractivity contribution is 7.71. The van der Waals surface area contributed by atoms with Crippen LogP contribution in [0.1, 0.15) is 24.5 Å². The number of aromatic nitrogens is 1. The first kappa shape index (κ1) is 9.26. The third-order valence-electron chi connectivity index (χ3n) is 1.73. The topological polar surface area (TPSA) is 25.2 Å². The number of nitrogens with zero attached hydrogens (tertiary/aromatic N) is 1. The van der Waals surface area contributed by atoms with E-state index in [1.165, 1.54) is 0 Å². The summed E-state index contributed by atoms with van der Waals surface area (Å²) in [4.78, 5) is 0. The zero-order chi connectivity index (χ0) is 9.14. The van der Waals surface area contributed by atoms with Gasteiger partial charge in [0.15, 0.2) is 0 Å². The Morgan fingerprint density at radius 3 is 2.83 bits per heavy atom. The van der Waals surface area contributed by atoms with Crippen LogP contribution in [0.2, 0.25) is 0 Å². The maximum atomic E-state index is 9.32. The van der Waals surface area contributed by atoms with E-state index in [1.807, 2.05) is 13.0 Å². The fourth-order valence-corrected chi connectivity index (χ4v) is 1.43. The maximum Gasteiger partial charge on any atom is 0.145 e. The standard InChI is InChI=1S/C9H13NOS/c1-3-4-8-5-7(2)6-10(11)9(8)12/h5-6,11H,3-4H2,1-2H3. The van der Waals surface area contributed by atoms with Gasteiger partial charge in [0.1, 0.15) is 4.64 Å². The van der Waals surface area contributed by atoms with Crippen LogP contribution in [-0.2, 0) is 6.42 Å². The fourth-order valence-electron chi connectivity index (χ4n) is 1.22. The maximum absolute atomic E-state index is 9.32. The normalized spacial score (nSPS) is 10.2. The lowest BCUT2D eigenvalue weighted by atomic mass is 10.1. The highest BCUT2D eigenvalue weighted by atomic mass is 32.1. The molecule has 0 saturated heterocycles. The van der Waals surface area contributed by atoms with Crippen LogP contribution in [-0.4, -0.2) is 9.94 Å². The minimum absolute atomic E-state index is 0.530. The average molecular weight is 183 g/mol. The highest BCUT2D eigenvalue weighted by Crippen LogP contribution is 2.08. The van der Waals surface area contributed by atoms with E-state index in [-0.39, 0.29) is 0 Å². The largest absolute Gasteiger partial charge is 0.428 e. The van der Waals surface area contributed by atoms with Crippen molar-refractivity contribution in [2.45, 2.75) is 26.7 Å². The Bertz CT molecular complexity index is 330. The van der Waals surface area contributed by atoms with Gasteiger partial charge in [-0.1, -0.05) is 31.6 Å². The molecule has 0 amide bonds. The first-order valence-electron chi connectivity index (χ1n) is 4.06. The minimum atomic E-state index is 0.530. The molecule has 1 heterocycles. The van der Waals surface area contributed by atoms with E-state index in [0.29, 0.717) is 4.64 Å². The summed E-state index contributed by atoms with van der Waals surface area (Å²) in [5.41, 5.74) is 2.09. The predicted octanol–water partition coefficient (Wildman–Crippen LogP) is 2.72. The van der Waals surface area contributed by atoms with Crippen molar-refractivity contribution < 1.29 is 5.21 Å². The second kappa shape index (κ2) is 3.72. The van der Waals surface area contributed by atoms with Gasteiger partial charge in [0.25, 0.3) is 0 Å². The van der Waals surface area contributed by atoms with Crippen LogP contribution in [0, 0.1) is 11.6 Å². The lowest BCUT2D eigenvalue weighted by Crippen LogP contribution is -1.99. The SMILES string of the molecule is CCCc1cc(C)cn(O)c1=S. The number of pyridine rings is 1. The van der Waals surface area contributed by atoms with E-state index in [1.54, 1.807) is 6.20 Å². The Balaban J connectivity index is 3.19. The molecule has 0 unspecified atom stereocenters. The molecule has 3 heteroatoms. The second-order valence-electron chi connectivity index (χ2n) is 2.94. The predicted molar refractivity (Wildman–Crippen MR) is 51.2 cm³/mol. The highest BCUT2D eigenvalue weighted by Gasteiger charge is 1.98. The van der Waals surface area contributed by atoms with Crippen molar-refractivity contribution in [3.63, 3.8) is 0 Å². The van der Waals surface area contributed by atoms with Gasteiger partial charge in [-0.3, -0.25) is 0 Å². The van der Waals surface area contributed by atoms with Crippen LogP contribution in [0.4, 0.5) is 0 Å². The Labute approximate surface area is 77.4 Å². The first-order valence-corrected chi connectivity index (χ1v) is 4.47. The molecular weight excluding hydrogens is 170 g/mol. The molecule has 1 aromatic heterocycles. The van der Waals surface area contributed by atoms with Crippen LogP contribution < -0.4 is 0 Å². The molecule has 0 aliphatic carbocycles. The molecule has 0 aromatic carbocycles. The molecule has 12 heavy (non-hydrogen) atoms. The summed E-state index contributed by atoms with van der Waals surface area (Å²) in [6, 6.07) is 2.03. The van der Waals surface area contributed by atoms with E-state index in [2.05, 4.69) is 6.92 Å². The van der Waals surface area contributed by atoms with Gasteiger partial charge in [0, 0.05) is 6.20 Å². The van der Waals surface area contributed by atoms with Gasteiger partial charge in [-0.15, -0.1) is 0 Å². The number of hydrogen-bond acceptors (Lipinski definition) is 2. The summed E-state index contributed by atoms with van der Waals surface area (Å²) >= 11 is 5.03. The van der Waals surface area contributed by atoms with Crippen LogP contribution in [0.5, 0.6) is 0 Å². The molecule has 0 bridgehead atoms. The summed E-state index contributed by atoms with van der Waals surface area (Å²) in [5, 5.41) is 9.32. The van der Waals surface area contributed by atoms with Gasteiger partial charge in [0.05, 0.1) is 0 Å². The van der Waals surface area contributed by atoms with Crippen molar-refractivity contribution in [2.75, 3.05) is 0 Å². The molecule has 1 N–H and O–H groups in total. The lowest BCUT2D eigenvalue weighted by Gasteiger charge is -2.04.